The first-order chi connectivity index (χ1) is 12.4. The van der Waals surface area contributed by atoms with Crippen molar-refractivity contribution in [3.8, 4) is 11.3 Å². The predicted molar refractivity (Wildman–Crippen MR) is 95.8 cm³/mol. The number of amides is 1. The Morgan fingerprint density at radius 3 is 2.73 bits per heavy atom. The normalized spacial score (nSPS) is 11.1. The molecule has 1 aromatic carbocycles. The van der Waals surface area contributed by atoms with Crippen LogP contribution < -0.4 is 10.0 Å². The lowest BCUT2D eigenvalue weighted by molar-refractivity contribution is 0.0942. The van der Waals surface area contributed by atoms with Gasteiger partial charge in [-0.3, -0.25) is 14.5 Å². The van der Waals surface area contributed by atoms with Crippen LogP contribution in [0.1, 0.15) is 16.1 Å². The quantitative estimate of drug-likeness (QED) is 0.684. The number of para-hydroxylation sites is 1. The highest BCUT2D eigenvalue weighted by molar-refractivity contribution is 7.92. The van der Waals surface area contributed by atoms with Crippen molar-refractivity contribution in [3.63, 3.8) is 0 Å². The summed E-state index contributed by atoms with van der Waals surface area (Å²) in [6.07, 6.45) is 4.31. The highest BCUT2D eigenvalue weighted by atomic mass is 32.2. The maximum atomic E-state index is 12.3. The van der Waals surface area contributed by atoms with Gasteiger partial charge in [0.1, 0.15) is 0 Å². The minimum Gasteiger partial charge on any atom is -0.355 e. The first-order valence-corrected chi connectivity index (χ1v) is 9.52. The molecule has 134 valence electrons. The molecule has 0 saturated heterocycles. The molecular weight excluding hydrogens is 356 g/mol. The molecule has 0 saturated carbocycles. The van der Waals surface area contributed by atoms with Gasteiger partial charge >= 0.3 is 0 Å². The van der Waals surface area contributed by atoms with Crippen LogP contribution in [0.2, 0.25) is 0 Å². The first-order valence-electron chi connectivity index (χ1n) is 7.63. The number of carbonyl (C=O) groups excluding carboxylic acids is 1. The van der Waals surface area contributed by atoms with Crippen LogP contribution in [0.5, 0.6) is 0 Å². The lowest BCUT2D eigenvalue weighted by atomic mass is 10.2. The molecule has 0 aliphatic carbocycles. The van der Waals surface area contributed by atoms with Crippen LogP contribution in [0.25, 0.3) is 11.3 Å². The second-order valence-electron chi connectivity index (χ2n) is 5.53. The van der Waals surface area contributed by atoms with E-state index in [9.17, 15) is 13.2 Å². The summed E-state index contributed by atoms with van der Waals surface area (Å²) >= 11 is 0. The van der Waals surface area contributed by atoms with Gasteiger partial charge in [0.05, 0.1) is 11.9 Å². The molecule has 8 nitrogen and oxygen atoms in total. The second kappa shape index (κ2) is 7.36. The van der Waals surface area contributed by atoms with Crippen LogP contribution in [-0.2, 0) is 16.6 Å². The number of carbonyl (C=O) groups is 1. The maximum absolute atomic E-state index is 12.3. The first kappa shape index (κ1) is 17.6. The molecule has 9 heteroatoms. The second-order valence-corrected chi connectivity index (χ2v) is 7.28. The smallest absolute Gasteiger partial charge is 0.273 e. The molecule has 2 N–H and O–H groups in total. The summed E-state index contributed by atoms with van der Waals surface area (Å²) in [5, 5.41) is 6.45. The third-order valence-electron chi connectivity index (χ3n) is 3.44. The average Bonchev–Trinajstić information content (AvgIpc) is 3.10. The van der Waals surface area contributed by atoms with Gasteiger partial charge in [-0.2, -0.15) is 0 Å². The Labute approximate surface area is 150 Å². The fraction of sp³-hybridized carbons (Fsp3) is 0.118. The summed E-state index contributed by atoms with van der Waals surface area (Å²) in [6.45, 7) is 0.132. The number of nitrogens with zero attached hydrogens (tertiary/aromatic N) is 2. The van der Waals surface area contributed by atoms with Crippen molar-refractivity contribution >= 4 is 21.6 Å². The number of hydrogen-bond acceptors (Lipinski definition) is 6. The molecular formula is C17H16N4O4S. The van der Waals surface area contributed by atoms with E-state index >= 15 is 0 Å². The van der Waals surface area contributed by atoms with Crippen LogP contribution >= 0.6 is 0 Å². The third kappa shape index (κ3) is 4.45. The van der Waals surface area contributed by atoms with E-state index in [2.05, 4.69) is 20.2 Å². The summed E-state index contributed by atoms with van der Waals surface area (Å²) in [7, 11) is -3.41. The number of pyridine rings is 1. The summed E-state index contributed by atoms with van der Waals surface area (Å²) in [5.41, 5.74) is 1.87. The molecule has 26 heavy (non-hydrogen) atoms. The van der Waals surface area contributed by atoms with Gasteiger partial charge in [0, 0.05) is 30.6 Å². The molecule has 0 fully saturated rings. The number of sulfonamides is 1. The van der Waals surface area contributed by atoms with Crippen molar-refractivity contribution in [3.05, 3.63) is 66.1 Å². The van der Waals surface area contributed by atoms with Crippen LogP contribution in [0, 0.1) is 0 Å². The van der Waals surface area contributed by atoms with Crippen LogP contribution in [0.4, 0.5) is 5.69 Å². The lowest BCUT2D eigenvalue weighted by Crippen LogP contribution is -2.24. The number of hydrogen-bond donors (Lipinski definition) is 2. The van der Waals surface area contributed by atoms with E-state index < -0.39 is 15.9 Å². The minimum absolute atomic E-state index is 0.123. The zero-order valence-corrected chi connectivity index (χ0v) is 14.7. The molecule has 0 aliphatic heterocycles. The molecule has 0 bridgehead atoms. The van der Waals surface area contributed by atoms with Crippen molar-refractivity contribution in [2.24, 2.45) is 0 Å². The highest BCUT2D eigenvalue weighted by Gasteiger charge is 2.14. The fourth-order valence-corrected chi connectivity index (χ4v) is 2.87. The van der Waals surface area contributed by atoms with Gasteiger partial charge in [-0.1, -0.05) is 23.4 Å². The molecule has 0 atom stereocenters. The van der Waals surface area contributed by atoms with Gasteiger partial charge < -0.3 is 9.84 Å². The topological polar surface area (TPSA) is 114 Å². The molecule has 0 spiro atoms. The third-order valence-corrected chi connectivity index (χ3v) is 4.03. The van der Waals surface area contributed by atoms with E-state index in [1.807, 2.05) is 0 Å². The van der Waals surface area contributed by atoms with E-state index in [-0.39, 0.29) is 12.2 Å². The van der Waals surface area contributed by atoms with Gasteiger partial charge in [0.25, 0.3) is 5.91 Å². The minimum atomic E-state index is -3.41. The average molecular weight is 372 g/mol. The highest BCUT2D eigenvalue weighted by Crippen LogP contribution is 2.19. The monoisotopic (exact) mass is 372 g/mol. The lowest BCUT2D eigenvalue weighted by Gasteiger charge is -2.10. The van der Waals surface area contributed by atoms with Crippen LogP contribution in [-0.4, -0.2) is 30.7 Å². The zero-order valence-electron chi connectivity index (χ0n) is 13.8. The van der Waals surface area contributed by atoms with E-state index in [0.29, 0.717) is 22.6 Å². The van der Waals surface area contributed by atoms with Gasteiger partial charge in [0.15, 0.2) is 11.5 Å². The van der Waals surface area contributed by atoms with Gasteiger partial charge in [-0.25, -0.2) is 8.42 Å². The number of anilines is 1. The molecule has 0 unspecified atom stereocenters. The largest absolute Gasteiger partial charge is 0.355 e. The van der Waals surface area contributed by atoms with E-state index in [1.165, 1.54) is 6.07 Å². The van der Waals surface area contributed by atoms with Gasteiger partial charge in [-0.15, -0.1) is 0 Å². The Morgan fingerprint density at radius 1 is 1.19 bits per heavy atom. The maximum Gasteiger partial charge on any atom is 0.273 e. The molecule has 3 rings (SSSR count). The molecule has 0 radical (unpaired) electrons. The van der Waals surface area contributed by atoms with Gasteiger partial charge in [-0.05, 0) is 23.8 Å². The van der Waals surface area contributed by atoms with Crippen LogP contribution in [0.15, 0.2) is 59.4 Å². The Hall–Kier alpha value is -3.20. The molecule has 0 aliphatic rings. The number of aromatic nitrogens is 2. The Bertz CT molecular complexity index is 1020. The summed E-state index contributed by atoms with van der Waals surface area (Å²) in [4.78, 5) is 16.3. The molecule has 2 aromatic heterocycles. The zero-order chi connectivity index (χ0) is 18.6. The SMILES string of the molecule is CS(=O)(=O)Nc1ccccc1CNC(=O)c1cc(-c2cccnc2)on1. The van der Waals surface area contributed by atoms with Crippen molar-refractivity contribution in [1.29, 1.82) is 0 Å². The number of benzene rings is 1. The predicted octanol–water partition coefficient (Wildman–Crippen LogP) is 2.04. The summed E-state index contributed by atoms with van der Waals surface area (Å²) in [6, 6.07) is 11.9. The number of nitrogens with one attached hydrogen (secondary N) is 2. The Balaban J connectivity index is 1.70. The molecule has 2 heterocycles. The van der Waals surface area contributed by atoms with Crippen molar-refractivity contribution < 1.29 is 17.7 Å². The van der Waals surface area contributed by atoms with Crippen LogP contribution in [0.3, 0.4) is 0 Å². The van der Waals surface area contributed by atoms with E-state index in [4.69, 9.17) is 4.52 Å². The van der Waals surface area contributed by atoms with E-state index in [1.54, 1.807) is 48.8 Å². The fourth-order valence-electron chi connectivity index (χ4n) is 2.27. The van der Waals surface area contributed by atoms with E-state index in [0.717, 1.165) is 6.26 Å². The standard InChI is InChI=1S/C17H16N4O4S/c1-26(23,24)21-14-7-3-2-5-12(14)11-19-17(22)15-9-16(25-20-15)13-6-4-8-18-10-13/h2-10,21H,11H2,1H3,(H,19,22). The summed E-state index contributed by atoms with van der Waals surface area (Å²) < 4.78 is 30.4. The molecule has 3 aromatic rings. The van der Waals surface area contributed by atoms with Gasteiger partial charge in [0.2, 0.25) is 10.0 Å². The van der Waals surface area contributed by atoms with Crippen molar-refractivity contribution in [2.45, 2.75) is 6.54 Å². The summed E-state index contributed by atoms with van der Waals surface area (Å²) in [5.74, 6) is 0.000409. The Kier molecular flexibility index (Phi) is 4.99. The molecule has 1 amide bonds. The number of rotatable bonds is 6. The van der Waals surface area contributed by atoms with Crippen molar-refractivity contribution in [1.82, 2.24) is 15.5 Å². The Morgan fingerprint density at radius 2 is 2.00 bits per heavy atom. The van der Waals surface area contributed by atoms with Crippen molar-refractivity contribution in [2.75, 3.05) is 11.0 Å².